The molecule has 1 aliphatic heterocycles. The van der Waals surface area contributed by atoms with Crippen LogP contribution in [0.15, 0.2) is 112 Å². The first-order valence-electron chi connectivity index (χ1n) is 13.5. The van der Waals surface area contributed by atoms with E-state index in [2.05, 4.69) is 0 Å². The standard InChI is InChI=1S/C33H26N4O4S2/c1-37-33-25-9-5-4-8-24(25)31-32(35-27-11-7-6-10-26(27)34-31)29(33)28(20-12-16-22(17-13-20)42(2,38)39)30(36-37)21-14-18-23(19-15-21)43(3,40)41/h4-19,28H,1-3H3. The van der Waals surface area contributed by atoms with Crippen LogP contribution in [-0.2, 0) is 19.7 Å². The molecule has 0 bridgehead atoms. The molecule has 43 heavy (non-hydrogen) atoms. The molecule has 10 heteroatoms. The lowest BCUT2D eigenvalue weighted by Crippen LogP contribution is -2.28. The van der Waals surface area contributed by atoms with Gasteiger partial charge in [-0.25, -0.2) is 26.8 Å². The van der Waals surface area contributed by atoms with Crippen molar-refractivity contribution in [3.63, 3.8) is 0 Å². The quantitative estimate of drug-likeness (QED) is 0.186. The monoisotopic (exact) mass is 606 g/mol. The highest BCUT2D eigenvalue weighted by molar-refractivity contribution is 7.91. The molecule has 0 saturated heterocycles. The summed E-state index contributed by atoms with van der Waals surface area (Å²) in [5.74, 6) is -0.466. The Morgan fingerprint density at radius 3 is 1.72 bits per heavy atom. The molecule has 1 aliphatic rings. The largest absolute Gasteiger partial charge is 0.267 e. The molecular formula is C33H26N4O4S2. The zero-order valence-corrected chi connectivity index (χ0v) is 25.2. The normalized spacial score (nSPS) is 15.6. The summed E-state index contributed by atoms with van der Waals surface area (Å²) < 4.78 is 49.0. The summed E-state index contributed by atoms with van der Waals surface area (Å²) >= 11 is 0. The lowest BCUT2D eigenvalue weighted by Gasteiger charge is -2.33. The van der Waals surface area contributed by atoms with Gasteiger partial charge in [-0.05, 0) is 47.5 Å². The predicted octanol–water partition coefficient (Wildman–Crippen LogP) is 5.73. The molecular weight excluding hydrogens is 581 g/mol. The number of nitrogens with zero attached hydrogens (tertiary/aromatic N) is 4. The van der Waals surface area contributed by atoms with Crippen molar-refractivity contribution in [3.8, 4) is 0 Å². The first kappa shape index (κ1) is 27.2. The molecule has 0 aliphatic carbocycles. The van der Waals surface area contributed by atoms with Crippen molar-refractivity contribution in [2.45, 2.75) is 15.7 Å². The highest BCUT2D eigenvalue weighted by Crippen LogP contribution is 2.47. The van der Waals surface area contributed by atoms with Crippen molar-refractivity contribution >= 4 is 63.9 Å². The average molecular weight is 607 g/mol. The fourth-order valence-electron chi connectivity index (χ4n) is 5.89. The third kappa shape index (κ3) is 4.54. The van der Waals surface area contributed by atoms with Crippen molar-refractivity contribution in [2.75, 3.05) is 24.6 Å². The van der Waals surface area contributed by atoms with E-state index in [1.165, 1.54) is 12.5 Å². The van der Waals surface area contributed by atoms with Crippen molar-refractivity contribution in [1.29, 1.82) is 0 Å². The number of aromatic nitrogens is 2. The van der Waals surface area contributed by atoms with Crippen LogP contribution in [-0.4, -0.2) is 52.1 Å². The van der Waals surface area contributed by atoms with Gasteiger partial charge in [-0.15, -0.1) is 0 Å². The molecule has 0 spiro atoms. The van der Waals surface area contributed by atoms with Crippen molar-refractivity contribution < 1.29 is 16.8 Å². The summed E-state index contributed by atoms with van der Waals surface area (Å²) in [6.45, 7) is 0. The van der Waals surface area contributed by atoms with Crippen LogP contribution >= 0.6 is 0 Å². The van der Waals surface area contributed by atoms with Gasteiger partial charge in [0.1, 0.15) is 0 Å². The number of rotatable bonds is 4. The molecule has 6 aromatic rings. The van der Waals surface area contributed by atoms with Crippen LogP contribution in [0.3, 0.4) is 0 Å². The van der Waals surface area contributed by atoms with Gasteiger partial charge in [0.25, 0.3) is 0 Å². The van der Waals surface area contributed by atoms with Crippen molar-refractivity contribution in [3.05, 3.63) is 114 Å². The number of hydrazone groups is 1. The Kier molecular flexibility index (Phi) is 6.12. The van der Waals surface area contributed by atoms with Crippen LogP contribution in [0.1, 0.15) is 22.6 Å². The molecule has 7 rings (SSSR count). The van der Waals surface area contributed by atoms with Crippen LogP contribution in [0.4, 0.5) is 5.69 Å². The van der Waals surface area contributed by atoms with E-state index in [4.69, 9.17) is 15.1 Å². The second-order valence-electron chi connectivity index (χ2n) is 10.8. The maximum absolute atomic E-state index is 12.3. The van der Waals surface area contributed by atoms with E-state index in [0.717, 1.165) is 55.2 Å². The number of anilines is 1. The van der Waals surface area contributed by atoms with Gasteiger partial charge in [0.05, 0.1) is 49.2 Å². The smallest absolute Gasteiger partial charge is 0.175 e. The first-order valence-corrected chi connectivity index (χ1v) is 17.3. The van der Waals surface area contributed by atoms with Gasteiger partial charge in [0.15, 0.2) is 19.7 Å². The van der Waals surface area contributed by atoms with Gasteiger partial charge in [-0.1, -0.05) is 60.7 Å². The van der Waals surface area contributed by atoms with E-state index < -0.39 is 25.6 Å². The van der Waals surface area contributed by atoms with Gasteiger partial charge < -0.3 is 0 Å². The summed E-state index contributed by atoms with van der Waals surface area (Å²) in [5, 5.41) is 8.82. The van der Waals surface area contributed by atoms with Gasteiger partial charge in [0.2, 0.25) is 0 Å². The second-order valence-corrected chi connectivity index (χ2v) is 14.8. The number of fused-ring (bicyclic) bond motifs is 7. The second kappa shape index (κ2) is 9.68. The molecule has 2 heterocycles. The Morgan fingerprint density at radius 1 is 0.628 bits per heavy atom. The first-order chi connectivity index (χ1) is 20.5. The SMILES string of the molecule is CN1N=C(c2ccc(S(C)(=O)=O)cc2)C(c2ccc(S(C)(=O)=O)cc2)c2c1c1ccccc1c1nc3ccccc3nc21. The summed E-state index contributed by atoms with van der Waals surface area (Å²) in [7, 11) is -4.91. The molecule has 5 aromatic carbocycles. The summed E-state index contributed by atoms with van der Waals surface area (Å²) in [4.78, 5) is 10.7. The molecule has 8 nitrogen and oxygen atoms in total. The summed E-state index contributed by atoms with van der Waals surface area (Å²) in [5.41, 5.74) is 7.00. The van der Waals surface area contributed by atoms with E-state index in [0.29, 0.717) is 5.71 Å². The van der Waals surface area contributed by atoms with Crippen LogP contribution in [0.2, 0.25) is 0 Å². The average Bonchev–Trinajstić information content (AvgIpc) is 2.99. The molecule has 0 saturated carbocycles. The van der Waals surface area contributed by atoms with Crippen LogP contribution < -0.4 is 5.01 Å². The Balaban J connectivity index is 1.59. The minimum Gasteiger partial charge on any atom is -0.267 e. The molecule has 0 amide bonds. The summed E-state index contributed by atoms with van der Waals surface area (Å²) in [6, 6.07) is 29.3. The lowest BCUT2D eigenvalue weighted by molar-refractivity contribution is 0.600. The summed E-state index contributed by atoms with van der Waals surface area (Å²) in [6.07, 6.45) is 2.36. The molecule has 0 fully saturated rings. The third-order valence-corrected chi connectivity index (χ3v) is 10.1. The molecule has 214 valence electrons. The zero-order valence-electron chi connectivity index (χ0n) is 23.6. The maximum Gasteiger partial charge on any atom is 0.175 e. The molecule has 1 unspecified atom stereocenters. The van der Waals surface area contributed by atoms with Gasteiger partial charge in [-0.3, -0.25) is 5.01 Å². The van der Waals surface area contributed by atoms with Crippen LogP contribution in [0.25, 0.3) is 32.8 Å². The predicted molar refractivity (Wildman–Crippen MR) is 170 cm³/mol. The number of benzene rings is 5. The van der Waals surface area contributed by atoms with E-state index >= 15 is 0 Å². The van der Waals surface area contributed by atoms with E-state index in [9.17, 15) is 16.8 Å². The molecule has 1 atom stereocenters. The van der Waals surface area contributed by atoms with Gasteiger partial charge >= 0.3 is 0 Å². The van der Waals surface area contributed by atoms with Gasteiger partial charge in [-0.2, -0.15) is 5.10 Å². The lowest BCUT2D eigenvalue weighted by atomic mass is 9.80. The zero-order chi connectivity index (χ0) is 30.1. The Morgan fingerprint density at radius 2 is 1.14 bits per heavy atom. The highest BCUT2D eigenvalue weighted by Gasteiger charge is 2.35. The Labute approximate surface area is 249 Å². The van der Waals surface area contributed by atoms with E-state index in [1.54, 1.807) is 36.4 Å². The third-order valence-electron chi connectivity index (χ3n) is 7.88. The minimum atomic E-state index is -3.41. The highest BCUT2D eigenvalue weighted by atomic mass is 32.2. The topological polar surface area (TPSA) is 110 Å². The molecule has 1 aromatic heterocycles. The fraction of sp³-hybridized carbons (Fsp3) is 0.121. The minimum absolute atomic E-state index is 0.212. The Bertz CT molecular complexity index is 2350. The van der Waals surface area contributed by atoms with Crippen molar-refractivity contribution in [2.24, 2.45) is 5.10 Å². The van der Waals surface area contributed by atoms with Crippen LogP contribution in [0.5, 0.6) is 0 Å². The van der Waals surface area contributed by atoms with E-state index in [1.807, 2.05) is 72.7 Å². The number of hydrogen-bond acceptors (Lipinski definition) is 8. The number of hydrogen-bond donors (Lipinski definition) is 0. The number of para-hydroxylation sites is 2. The van der Waals surface area contributed by atoms with Crippen molar-refractivity contribution in [1.82, 2.24) is 9.97 Å². The molecule has 0 radical (unpaired) electrons. The molecule has 0 N–H and O–H groups in total. The van der Waals surface area contributed by atoms with Crippen LogP contribution in [0, 0.1) is 0 Å². The van der Waals surface area contributed by atoms with Gasteiger partial charge in [0, 0.05) is 35.9 Å². The Hall–Kier alpha value is -4.67. The number of sulfone groups is 2. The maximum atomic E-state index is 12.3. The van der Waals surface area contributed by atoms with E-state index in [-0.39, 0.29) is 9.79 Å². The fourth-order valence-corrected chi connectivity index (χ4v) is 7.15.